The minimum absolute atomic E-state index is 0.0655. The minimum Gasteiger partial charge on any atom is -0.463 e. The first-order valence-electron chi connectivity index (χ1n) is 5.34. The van der Waals surface area contributed by atoms with Gasteiger partial charge in [-0.1, -0.05) is 0 Å². The number of carbonyl (C=O) groups is 1. The number of oxazole rings is 1. The first-order chi connectivity index (χ1) is 9.17. The molecule has 0 aliphatic carbocycles. The number of aromatic nitrogens is 4. The highest BCUT2D eigenvalue weighted by molar-refractivity contribution is 5.84. The van der Waals surface area contributed by atoms with E-state index >= 15 is 0 Å². The van der Waals surface area contributed by atoms with Crippen molar-refractivity contribution in [2.75, 3.05) is 12.8 Å². The van der Waals surface area contributed by atoms with E-state index in [1.807, 2.05) is 0 Å². The third-order valence-electron chi connectivity index (χ3n) is 2.46. The summed E-state index contributed by atoms with van der Waals surface area (Å²) in [6.45, 7) is 0. The highest BCUT2D eigenvalue weighted by Crippen LogP contribution is 2.19. The summed E-state index contributed by atoms with van der Waals surface area (Å²) in [5, 5.41) is 3.91. The van der Waals surface area contributed by atoms with Gasteiger partial charge >= 0.3 is 12.0 Å². The molecule has 0 atom stereocenters. The van der Waals surface area contributed by atoms with Crippen molar-refractivity contribution in [3.05, 3.63) is 30.4 Å². The Morgan fingerprint density at radius 3 is 3.11 bits per heavy atom. The van der Waals surface area contributed by atoms with Crippen LogP contribution in [0.5, 0.6) is 0 Å². The molecule has 96 valence electrons. The van der Waals surface area contributed by atoms with Crippen molar-refractivity contribution in [2.24, 2.45) is 0 Å². The molecule has 0 unspecified atom stereocenters. The molecule has 0 bridgehead atoms. The van der Waals surface area contributed by atoms with Gasteiger partial charge in [0.1, 0.15) is 11.8 Å². The van der Waals surface area contributed by atoms with Crippen molar-refractivity contribution < 1.29 is 13.9 Å². The number of carbonyl (C=O) groups excluding carboxylic acids is 1. The number of hydrogen-bond donors (Lipinski definition) is 1. The number of anilines is 1. The van der Waals surface area contributed by atoms with Crippen molar-refractivity contribution in [1.82, 2.24) is 19.7 Å². The standard InChI is InChI=1S/C11H9N5O3/c1-18-10(17)9-13-5-16(15-9)11-14-7-4-6(12)2-3-8(7)19-11/h2-5H,12H2,1H3. The molecular weight excluding hydrogens is 250 g/mol. The average Bonchev–Trinajstić information content (AvgIpc) is 3.03. The molecule has 0 saturated carbocycles. The van der Waals surface area contributed by atoms with Crippen LogP contribution in [0.2, 0.25) is 0 Å². The third-order valence-corrected chi connectivity index (χ3v) is 2.46. The second kappa shape index (κ2) is 4.09. The normalized spacial score (nSPS) is 10.8. The van der Waals surface area contributed by atoms with Crippen LogP contribution >= 0.6 is 0 Å². The zero-order valence-electron chi connectivity index (χ0n) is 9.90. The van der Waals surface area contributed by atoms with E-state index in [1.54, 1.807) is 18.2 Å². The zero-order valence-corrected chi connectivity index (χ0v) is 9.90. The maximum absolute atomic E-state index is 11.2. The predicted molar refractivity (Wildman–Crippen MR) is 64.7 cm³/mol. The van der Waals surface area contributed by atoms with Gasteiger partial charge in [-0.05, 0) is 18.2 Å². The Labute approximate surface area is 106 Å². The molecule has 0 spiro atoms. The van der Waals surface area contributed by atoms with E-state index < -0.39 is 5.97 Å². The Bertz CT molecular complexity index is 761. The highest BCUT2D eigenvalue weighted by atomic mass is 16.5. The molecule has 0 saturated heterocycles. The van der Waals surface area contributed by atoms with Gasteiger partial charge in [-0.3, -0.25) is 0 Å². The number of nitrogens with zero attached hydrogens (tertiary/aromatic N) is 4. The summed E-state index contributed by atoms with van der Waals surface area (Å²) < 4.78 is 11.2. The van der Waals surface area contributed by atoms with E-state index in [0.717, 1.165) is 0 Å². The predicted octanol–water partition coefficient (Wildman–Crippen LogP) is 0.777. The minimum atomic E-state index is -0.626. The average molecular weight is 259 g/mol. The van der Waals surface area contributed by atoms with Crippen molar-refractivity contribution in [3.63, 3.8) is 0 Å². The summed E-state index contributed by atoms with van der Waals surface area (Å²) in [6.07, 6.45) is 1.32. The molecule has 0 aliphatic rings. The van der Waals surface area contributed by atoms with Crippen LogP contribution in [-0.4, -0.2) is 32.8 Å². The van der Waals surface area contributed by atoms with Gasteiger partial charge in [0.15, 0.2) is 5.58 Å². The van der Waals surface area contributed by atoms with E-state index in [1.165, 1.54) is 18.1 Å². The summed E-state index contributed by atoms with van der Waals surface area (Å²) in [5.74, 6) is -0.691. The van der Waals surface area contributed by atoms with Gasteiger partial charge in [0.2, 0.25) is 0 Å². The molecule has 3 rings (SSSR count). The summed E-state index contributed by atoms with van der Waals surface area (Å²) in [6, 6.07) is 5.29. The fourth-order valence-corrected chi connectivity index (χ4v) is 1.57. The quantitative estimate of drug-likeness (QED) is 0.534. The molecule has 3 aromatic rings. The van der Waals surface area contributed by atoms with Gasteiger partial charge < -0.3 is 14.9 Å². The number of methoxy groups -OCH3 is 1. The number of nitrogens with two attached hydrogens (primary N) is 1. The topological polar surface area (TPSA) is 109 Å². The Morgan fingerprint density at radius 1 is 1.47 bits per heavy atom. The van der Waals surface area contributed by atoms with Gasteiger partial charge in [-0.15, -0.1) is 5.10 Å². The Morgan fingerprint density at radius 2 is 2.32 bits per heavy atom. The highest BCUT2D eigenvalue weighted by Gasteiger charge is 2.15. The summed E-state index contributed by atoms with van der Waals surface area (Å²) >= 11 is 0. The molecule has 0 aliphatic heterocycles. The molecule has 0 amide bonds. The number of ether oxygens (including phenoxy) is 1. The van der Waals surface area contributed by atoms with Gasteiger partial charge in [-0.25, -0.2) is 9.78 Å². The lowest BCUT2D eigenvalue weighted by Gasteiger charge is -1.91. The lowest BCUT2D eigenvalue weighted by atomic mass is 10.3. The summed E-state index contributed by atoms with van der Waals surface area (Å²) in [5.41, 5.74) is 7.41. The SMILES string of the molecule is COC(=O)c1ncn(-c2nc3cc(N)ccc3o2)n1. The number of fused-ring (bicyclic) bond motifs is 1. The van der Waals surface area contributed by atoms with Crippen LogP contribution < -0.4 is 5.73 Å². The number of rotatable bonds is 2. The van der Waals surface area contributed by atoms with Gasteiger partial charge in [0, 0.05) is 5.69 Å². The summed E-state index contributed by atoms with van der Waals surface area (Å²) in [4.78, 5) is 19.3. The number of esters is 1. The second-order valence-electron chi connectivity index (χ2n) is 3.73. The van der Waals surface area contributed by atoms with E-state index in [9.17, 15) is 4.79 Å². The Hall–Kier alpha value is -2.90. The molecule has 2 aromatic heterocycles. The van der Waals surface area contributed by atoms with E-state index in [0.29, 0.717) is 16.8 Å². The Balaban J connectivity index is 2.04. The monoisotopic (exact) mass is 259 g/mol. The number of benzene rings is 1. The smallest absolute Gasteiger partial charge is 0.377 e. The van der Waals surface area contributed by atoms with E-state index in [4.69, 9.17) is 10.2 Å². The largest absolute Gasteiger partial charge is 0.463 e. The molecule has 2 N–H and O–H groups in total. The molecule has 0 radical (unpaired) electrons. The Kier molecular flexibility index (Phi) is 2.41. The molecule has 0 fully saturated rings. The lowest BCUT2D eigenvalue weighted by molar-refractivity contribution is 0.0587. The van der Waals surface area contributed by atoms with Gasteiger partial charge in [0.05, 0.1) is 7.11 Å². The molecule has 8 heteroatoms. The zero-order chi connectivity index (χ0) is 13.4. The van der Waals surface area contributed by atoms with Crippen LogP contribution in [0.3, 0.4) is 0 Å². The maximum Gasteiger partial charge on any atom is 0.377 e. The third kappa shape index (κ3) is 1.88. The fourth-order valence-electron chi connectivity index (χ4n) is 1.57. The second-order valence-corrected chi connectivity index (χ2v) is 3.73. The molecule has 1 aromatic carbocycles. The van der Waals surface area contributed by atoms with Crippen LogP contribution in [0, 0.1) is 0 Å². The van der Waals surface area contributed by atoms with Gasteiger partial charge in [0.25, 0.3) is 5.82 Å². The first-order valence-corrected chi connectivity index (χ1v) is 5.34. The fraction of sp³-hybridized carbons (Fsp3) is 0.0909. The number of hydrogen-bond acceptors (Lipinski definition) is 7. The first kappa shape index (κ1) is 11.2. The lowest BCUT2D eigenvalue weighted by Crippen LogP contribution is -2.05. The molecular formula is C11H9N5O3. The van der Waals surface area contributed by atoms with Crippen molar-refractivity contribution in [2.45, 2.75) is 0 Å². The molecule has 2 heterocycles. The van der Waals surface area contributed by atoms with E-state index in [2.05, 4.69) is 19.8 Å². The van der Waals surface area contributed by atoms with Crippen molar-refractivity contribution in [3.8, 4) is 6.01 Å². The van der Waals surface area contributed by atoms with Crippen LogP contribution in [0.1, 0.15) is 10.6 Å². The van der Waals surface area contributed by atoms with Crippen LogP contribution in [0.15, 0.2) is 28.9 Å². The van der Waals surface area contributed by atoms with Crippen molar-refractivity contribution >= 4 is 22.8 Å². The van der Waals surface area contributed by atoms with E-state index in [-0.39, 0.29) is 11.8 Å². The molecule has 19 heavy (non-hydrogen) atoms. The number of nitrogen functional groups attached to an aromatic ring is 1. The summed E-state index contributed by atoms with van der Waals surface area (Å²) in [7, 11) is 1.26. The maximum atomic E-state index is 11.2. The van der Waals surface area contributed by atoms with Crippen LogP contribution in [0.25, 0.3) is 17.1 Å². The molecule has 8 nitrogen and oxygen atoms in total. The van der Waals surface area contributed by atoms with Crippen LogP contribution in [0.4, 0.5) is 5.69 Å². The van der Waals surface area contributed by atoms with Crippen LogP contribution in [-0.2, 0) is 4.74 Å². The van der Waals surface area contributed by atoms with Crippen molar-refractivity contribution in [1.29, 1.82) is 0 Å². The van der Waals surface area contributed by atoms with Gasteiger partial charge in [-0.2, -0.15) is 9.67 Å².